The van der Waals surface area contributed by atoms with Crippen LogP contribution in [-0.2, 0) is 4.74 Å². The van der Waals surface area contributed by atoms with Crippen molar-refractivity contribution in [1.82, 2.24) is 5.32 Å². The van der Waals surface area contributed by atoms with Gasteiger partial charge in [-0.2, -0.15) is 0 Å². The van der Waals surface area contributed by atoms with Crippen LogP contribution in [0.5, 0.6) is 0 Å². The Morgan fingerprint density at radius 3 is 2.50 bits per heavy atom. The Balaban J connectivity index is 2.33. The number of nitrogens with one attached hydrogen (secondary N) is 1. The van der Waals surface area contributed by atoms with Crippen LogP contribution < -0.4 is 11.1 Å². The fourth-order valence-corrected chi connectivity index (χ4v) is 3.29. The van der Waals surface area contributed by atoms with Crippen molar-refractivity contribution >= 4 is 0 Å². The van der Waals surface area contributed by atoms with Gasteiger partial charge in [0.25, 0.3) is 0 Å². The Kier molecular flexibility index (Phi) is 6.33. The number of rotatable bonds is 7. The van der Waals surface area contributed by atoms with Crippen molar-refractivity contribution in [3.8, 4) is 0 Å². The highest BCUT2D eigenvalue weighted by Crippen LogP contribution is 2.35. The third-order valence-electron chi connectivity index (χ3n) is 3.77. The second kappa shape index (κ2) is 7.27. The SMILES string of the molecule is C=C(C)COCCNC1(CN)CC(C)CC(C)C1. The molecular weight excluding hydrogens is 224 g/mol. The van der Waals surface area contributed by atoms with Crippen LogP contribution in [-0.4, -0.2) is 31.8 Å². The van der Waals surface area contributed by atoms with Crippen molar-refractivity contribution in [2.75, 3.05) is 26.3 Å². The maximum absolute atomic E-state index is 6.01. The number of hydrogen-bond donors (Lipinski definition) is 2. The molecule has 1 saturated carbocycles. The van der Waals surface area contributed by atoms with E-state index in [0.29, 0.717) is 6.61 Å². The highest BCUT2D eigenvalue weighted by atomic mass is 16.5. The fourth-order valence-electron chi connectivity index (χ4n) is 3.29. The molecule has 2 unspecified atom stereocenters. The molecule has 0 bridgehead atoms. The average Bonchev–Trinajstić information content (AvgIpc) is 2.27. The maximum Gasteiger partial charge on any atom is 0.0672 e. The Hall–Kier alpha value is -0.380. The van der Waals surface area contributed by atoms with E-state index in [1.165, 1.54) is 19.3 Å². The minimum Gasteiger partial charge on any atom is -0.376 e. The first-order valence-corrected chi connectivity index (χ1v) is 7.14. The van der Waals surface area contributed by atoms with Crippen molar-refractivity contribution in [1.29, 1.82) is 0 Å². The standard InChI is InChI=1S/C15H30N2O/c1-12(2)10-18-6-5-17-15(11-16)8-13(3)7-14(4)9-15/h13-14,17H,1,5-11,16H2,2-4H3. The largest absolute Gasteiger partial charge is 0.376 e. The number of nitrogens with two attached hydrogens (primary N) is 1. The van der Waals surface area contributed by atoms with Gasteiger partial charge in [-0.1, -0.05) is 26.0 Å². The second-order valence-electron chi connectivity index (χ2n) is 6.28. The first-order chi connectivity index (χ1) is 8.47. The predicted octanol–water partition coefficient (Wildman–Crippen LogP) is 2.32. The third kappa shape index (κ3) is 5.09. The lowest BCUT2D eigenvalue weighted by molar-refractivity contribution is 0.117. The Bertz CT molecular complexity index is 255. The molecule has 0 aromatic carbocycles. The van der Waals surface area contributed by atoms with E-state index in [9.17, 15) is 0 Å². The predicted molar refractivity (Wildman–Crippen MR) is 77.6 cm³/mol. The van der Waals surface area contributed by atoms with Gasteiger partial charge in [0.2, 0.25) is 0 Å². The van der Waals surface area contributed by atoms with Crippen LogP contribution in [0.4, 0.5) is 0 Å². The Morgan fingerprint density at radius 2 is 2.00 bits per heavy atom. The summed E-state index contributed by atoms with van der Waals surface area (Å²) in [7, 11) is 0. The fraction of sp³-hybridized carbons (Fsp3) is 0.867. The minimum atomic E-state index is 0.129. The van der Waals surface area contributed by atoms with E-state index >= 15 is 0 Å². The molecular formula is C15H30N2O. The zero-order valence-electron chi connectivity index (χ0n) is 12.3. The molecule has 0 radical (unpaired) electrons. The zero-order valence-corrected chi connectivity index (χ0v) is 12.3. The van der Waals surface area contributed by atoms with E-state index in [1.807, 2.05) is 6.92 Å². The van der Waals surface area contributed by atoms with Crippen molar-refractivity contribution in [2.45, 2.75) is 45.6 Å². The van der Waals surface area contributed by atoms with Crippen molar-refractivity contribution in [3.63, 3.8) is 0 Å². The lowest BCUT2D eigenvalue weighted by atomic mass is 9.71. The van der Waals surface area contributed by atoms with E-state index in [-0.39, 0.29) is 5.54 Å². The molecule has 3 heteroatoms. The molecule has 0 aromatic heterocycles. The topological polar surface area (TPSA) is 47.3 Å². The molecule has 0 heterocycles. The molecule has 0 spiro atoms. The van der Waals surface area contributed by atoms with Gasteiger partial charge in [0.05, 0.1) is 13.2 Å². The van der Waals surface area contributed by atoms with Gasteiger partial charge in [0.15, 0.2) is 0 Å². The summed E-state index contributed by atoms with van der Waals surface area (Å²) in [6.45, 7) is 13.5. The van der Waals surface area contributed by atoms with Crippen molar-refractivity contribution in [2.24, 2.45) is 17.6 Å². The van der Waals surface area contributed by atoms with Gasteiger partial charge in [-0.05, 0) is 38.0 Å². The van der Waals surface area contributed by atoms with Crippen LogP contribution in [0.1, 0.15) is 40.0 Å². The van der Waals surface area contributed by atoms with Gasteiger partial charge in [0.1, 0.15) is 0 Å². The minimum absolute atomic E-state index is 0.129. The third-order valence-corrected chi connectivity index (χ3v) is 3.77. The van der Waals surface area contributed by atoms with Crippen LogP contribution in [0, 0.1) is 11.8 Å². The summed E-state index contributed by atoms with van der Waals surface area (Å²) in [5.74, 6) is 1.53. The van der Waals surface area contributed by atoms with E-state index < -0.39 is 0 Å². The first kappa shape index (κ1) is 15.7. The molecule has 0 aromatic rings. The van der Waals surface area contributed by atoms with Crippen LogP contribution in [0.25, 0.3) is 0 Å². The molecule has 106 valence electrons. The van der Waals surface area contributed by atoms with Gasteiger partial charge in [0, 0.05) is 18.6 Å². The summed E-state index contributed by atoms with van der Waals surface area (Å²) >= 11 is 0. The molecule has 1 aliphatic rings. The number of hydrogen-bond acceptors (Lipinski definition) is 3. The summed E-state index contributed by atoms with van der Waals surface area (Å²) in [6, 6.07) is 0. The lowest BCUT2D eigenvalue weighted by Crippen LogP contribution is -2.56. The van der Waals surface area contributed by atoms with E-state index in [4.69, 9.17) is 10.5 Å². The molecule has 1 fully saturated rings. The molecule has 2 atom stereocenters. The van der Waals surface area contributed by atoms with Crippen molar-refractivity contribution in [3.05, 3.63) is 12.2 Å². The van der Waals surface area contributed by atoms with Gasteiger partial charge < -0.3 is 15.8 Å². The molecule has 0 aliphatic heterocycles. The van der Waals surface area contributed by atoms with Crippen LogP contribution in [0.2, 0.25) is 0 Å². The molecule has 1 aliphatic carbocycles. The quantitative estimate of drug-likeness (QED) is 0.541. The molecule has 3 N–H and O–H groups in total. The second-order valence-corrected chi connectivity index (χ2v) is 6.28. The maximum atomic E-state index is 6.01. The van der Waals surface area contributed by atoms with Gasteiger partial charge in [-0.3, -0.25) is 0 Å². The summed E-state index contributed by atoms with van der Waals surface area (Å²) in [5, 5.41) is 3.64. The highest BCUT2D eigenvalue weighted by Gasteiger charge is 2.36. The smallest absolute Gasteiger partial charge is 0.0672 e. The molecule has 0 amide bonds. The van der Waals surface area contributed by atoms with Gasteiger partial charge in [-0.25, -0.2) is 0 Å². The van der Waals surface area contributed by atoms with Gasteiger partial charge >= 0.3 is 0 Å². The first-order valence-electron chi connectivity index (χ1n) is 7.14. The van der Waals surface area contributed by atoms with E-state index in [2.05, 4.69) is 25.7 Å². The lowest BCUT2D eigenvalue weighted by Gasteiger charge is -2.43. The summed E-state index contributed by atoms with van der Waals surface area (Å²) in [6.07, 6.45) is 3.71. The van der Waals surface area contributed by atoms with Crippen LogP contribution >= 0.6 is 0 Å². The Labute approximate surface area is 112 Å². The molecule has 0 saturated heterocycles. The van der Waals surface area contributed by atoms with Crippen LogP contribution in [0.15, 0.2) is 12.2 Å². The normalized spacial score (nSPS) is 32.4. The molecule has 1 rings (SSSR count). The zero-order chi connectivity index (χ0) is 13.6. The van der Waals surface area contributed by atoms with Gasteiger partial charge in [-0.15, -0.1) is 0 Å². The van der Waals surface area contributed by atoms with Crippen molar-refractivity contribution < 1.29 is 4.74 Å². The monoisotopic (exact) mass is 254 g/mol. The average molecular weight is 254 g/mol. The Morgan fingerprint density at radius 1 is 1.39 bits per heavy atom. The van der Waals surface area contributed by atoms with E-state index in [0.717, 1.165) is 37.1 Å². The summed E-state index contributed by atoms with van der Waals surface area (Å²) < 4.78 is 5.53. The number of ether oxygens (including phenoxy) is 1. The summed E-state index contributed by atoms with van der Waals surface area (Å²) in [5.41, 5.74) is 7.21. The highest BCUT2D eigenvalue weighted by molar-refractivity contribution is 4.95. The molecule has 3 nitrogen and oxygen atoms in total. The van der Waals surface area contributed by atoms with E-state index in [1.54, 1.807) is 0 Å². The summed E-state index contributed by atoms with van der Waals surface area (Å²) in [4.78, 5) is 0. The van der Waals surface area contributed by atoms with Crippen LogP contribution in [0.3, 0.4) is 0 Å². The molecule has 18 heavy (non-hydrogen) atoms.